The molecule has 1 aromatic heterocycles. The number of nitrogens with one attached hydrogen (secondary N) is 1. The number of pyridine rings is 1. The first kappa shape index (κ1) is 24.0. The van der Waals surface area contributed by atoms with E-state index in [9.17, 15) is 14.3 Å². The third-order valence-corrected chi connectivity index (χ3v) is 6.32. The minimum absolute atomic E-state index is 0.202. The van der Waals surface area contributed by atoms with Crippen LogP contribution >= 0.6 is 0 Å². The van der Waals surface area contributed by atoms with Crippen LogP contribution in [-0.2, 0) is 10.4 Å². The normalized spacial score (nSPS) is 19.5. The average molecular weight is 467 g/mol. The van der Waals surface area contributed by atoms with Crippen molar-refractivity contribution in [2.45, 2.75) is 45.5 Å². The van der Waals surface area contributed by atoms with E-state index in [0.29, 0.717) is 24.5 Å². The van der Waals surface area contributed by atoms with E-state index in [1.54, 1.807) is 18.1 Å². The number of halogens is 1. The van der Waals surface area contributed by atoms with Gasteiger partial charge in [-0.15, -0.1) is 0 Å². The molecule has 7 nitrogen and oxygen atoms in total. The predicted molar refractivity (Wildman–Crippen MR) is 129 cm³/mol. The number of alkyl halides is 1. The van der Waals surface area contributed by atoms with Gasteiger partial charge in [-0.1, -0.05) is 6.07 Å². The Morgan fingerprint density at radius 3 is 2.68 bits per heavy atom. The van der Waals surface area contributed by atoms with Crippen molar-refractivity contribution in [2.24, 2.45) is 11.0 Å². The maximum atomic E-state index is 14.3. The van der Waals surface area contributed by atoms with Gasteiger partial charge in [-0.2, -0.15) is 5.10 Å². The molecule has 34 heavy (non-hydrogen) atoms. The lowest BCUT2D eigenvalue weighted by molar-refractivity contribution is 0.0244. The number of allylic oxidation sites excluding steroid dienone is 1. The summed E-state index contributed by atoms with van der Waals surface area (Å²) in [6, 6.07) is 8.64. The third kappa shape index (κ3) is 5.18. The van der Waals surface area contributed by atoms with Crippen LogP contribution in [0.5, 0.6) is 0 Å². The van der Waals surface area contributed by atoms with Gasteiger partial charge in [-0.3, -0.25) is 14.8 Å². The number of hydrogen-bond donors (Lipinski definition) is 2. The molecule has 1 unspecified atom stereocenters. The molecule has 4 rings (SSSR count). The summed E-state index contributed by atoms with van der Waals surface area (Å²) in [5.41, 5.74) is 3.01. The van der Waals surface area contributed by atoms with Crippen LogP contribution < -0.4 is 5.32 Å². The Bertz CT molecular complexity index is 1130. The zero-order chi connectivity index (χ0) is 24.5. The molecule has 2 aliphatic rings. The summed E-state index contributed by atoms with van der Waals surface area (Å²) in [5, 5.41) is 19.8. The van der Waals surface area contributed by atoms with Crippen LogP contribution in [0.4, 0.5) is 10.1 Å². The molecular weight excluding hydrogens is 435 g/mol. The third-order valence-electron chi connectivity index (χ3n) is 6.32. The Balaban J connectivity index is 1.60. The van der Waals surface area contributed by atoms with E-state index in [-0.39, 0.29) is 17.5 Å². The van der Waals surface area contributed by atoms with Crippen molar-refractivity contribution in [1.82, 2.24) is 9.99 Å². The lowest BCUT2D eigenvalue weighted by Crippen LogP contribution is -2.37. The van der Waals surface area contributed by atoms with Crippen LogP contribution in [0.15, 0.2) is 53.3 Å². The minimum atomic E-state index is -1.64. The fourth-order valence-electron chi connectivity index (χ4n) is 4.27. The lowest BCUT2D eigenvalue weighted by Gasteiger charge is -2.34. The fraction of sp³-hybridized carbons (Fsp3) is 0.423. The smallest absolute Gasteiger partial charge is 0.255 e. The molecular formula is C26H31FN4O3. The van der Waals surface area contributed by atoms with Gasteiger partial charge in [-0.25, -0.2) is 4.39 Å². The van der Waals surface area contributed by atoms with Gasteiger partial charge >= 0.3 is 0 Å². The molecule has 2 N–H and O–H groups in total. The van der Waals surface area contributed by atoms with Crippen molar-refractivity contribution >= 4 is 17.3 Å². The van der Waals surface area contributed by atoms with Crippen molar-refractivity contribution in [3.05, 3.63) is 70.6 Å². The summed E-state index contributed by atoms with van der Waals surface area (Å²) in [6.45, 7) is 6.16. The average Bonchev–Trinajstić information content (AvgIpc) is 2.82. The molecule has 0 radical (unpaired) electrons. The highest BCUT2D eigenvalue weighted by Crippen LogP contribution is 2.31. The van der Waals surface area contributed by atoms with Gasteiger partial charge < -0.3 is 15.2 Å². The number of benzene rings is 1. The van der Waals surface area contributed by atoms with E-state index < -0.39 is 11.9 Å². The number of hydrogen-bond acceptors (Lipinski definition) is 6. The number of carbonyl (C=O) groups excluding carboxylic acids is 1. The molecule has 0 spiro atoms. The van der Waals surface area contributed by atoms with Gasteiger partial charge in [0.05, 0.1) is 11.4 Å². The van der Waals surface area contributed by atoms with Crippen molar-refractivity contribution < 1.29 is 19.0 Å². The minimum Gasteiger partial charge on any atom is -0.381 e. The number of carbonyl (C=O) groups is 1. The molecule has 1 saturated heterocycles. The zero-order valence-electron chi connectivity index (χ0n) is 20.0. The van der Waals surface area contributed by atoms with Crippen LogP contribution in [0.1, 0.15) is 53.9 Å². The molecule has 3 heterocycles. The molecule has 2 aliphatic heterocycles. The Morgan fingerprint density at radius 2 is 1.97 bits per heavy atom. The van der Waals surface area contributed by atoms with Crippen molar-refractivity contribution in [3.8, 4) is 0 Å². The molecule has 180 valence electrons. The van der Waals surface area contributed by atoms with Gasteiger partial charge in [0.15, 0.2) is 6.23 Å². The quantitative estimate of drug-likeness (QED) is 0.691. The van der Waals surface area contributed by atoms with Gasteiger partial charge in [0.25, 0.3) is 5.91 Å². The van der Waals surface area contributed by atoms with E-state index in [2.05, 4.69) is 15.4 Å². The summed E-state index contributed by atoms with van der Waals surface area (Å²) in [6.07, 6.45) is 4.36. The number of aliphatic hydroxyl groups is 1. The summed E-state index contributed by atoms with van der Waals surface area (Å²) in [7, 11) is 1.76. The van der Waals surface area contributed by atoms with Crippen LogP contribution in [0.25, 0.3) is 0 Å². The molecule has 1 amide bonds. The lowest BCUT2D eigenvalue weighted by atomic mass is 9.87. The van der Waals surface area contributed by atoms with Gasteiger partial charge in [0.1, 0.15) is 5.67 Å². The van der Waals surface area contributed by atoms with E-state index in [1.807, 2.05) is 31.2 Å². The molecule has 8 heteroatoms. The number of nitrogens with zero attached hydrogens (tertiary/aromatic N) is 3. The summed E-state index contributed by atoms with van der Waals surface area (Å²) < 4.78 is 19.8. The first-order chi connectivity index (χ1) is 16.1. The van der Waals surface area contributed by atoms with Crippen molar-refractivity contribution in [3.63, 3.8) is 0 Å². The SMILES string of the molecule is Cc1ccc(NC(=O)c2ccnc(C(C)(C)F)c2)cc1C1=NN(C)C(O)C(C2CCOCC2)=C1. The molecule has 0 aliphatic carbocycles. The van der Waals surface area contributed by atoms with E-state index in [0.717, 1.165) is 35.3 Å². The summed E-state index contributed by atoms with van der Waals surface area (Å²) in [5.74, 6) is -0.111. The van der Waals surface area contributed by atoms with Gasteiger partial charge in [-0.05, 0) is 81.0 Å². The Morgan fingerprint density at radius 1 is 1.24 bits per heavy atom. The molecule has 0 bridgehead atoms. The molecule has 1 atom stereocenters. The maximum Gasteiger partial charge on any atom is 0.255 e. The second-order valence-corrected chi connectivity index (χ2v) is 9.35. The summed E-state index contributed by atoms with van der Waals surface area (Å²) in [4.78, 5) is 16.9. The molecule has 0 saturated carbocycles. The van der Waals surface area contributed by atoms with Crippen LogP contribution in [0.2, 0.25) is 0 Å². The number of aryl methyl sites for hydroxylation is 1. The first-order valence-electron chi connectivity index (χ1n) is 11.5. The predicted octanol–water partition coefficient (Wildman–Crippen LogP) is 4.17. The highest BCUT2D eigenvalue weighted by Gasteiger charge is 2.29. The number of anilines is 1. The second kappa shape index (κ2) is 9.64. The van der Waals surface area contributed by atoms with E-state index >= 15 is 0 Å². The van der Waals surface area contributed by atoms with Crippen LogP contribution in [0, 0.1) is 12.8 Å². The van der Waals surface area contributed by atoms with Gasteiger partial charge in [0, 0.05) is 43.3 Å². The second-order valence-electron chi connectivity index (χ2n) is 9.35. The Labute approximate surface area is 199 Å². The Kier molecular flexibility index (Phi) is 6.81. The van der Waals surface area contributed by atoms with Crippen LogP contribution in [-0.4, -0.2) is 53.2 Å². The topological polar surface area (TPSA) is 87.1 Å². The van der Waals surface area contributed by atoms with Gasteiger partial charge in [0.2, 0.25) is 0 Å². The number of hydrazone groups is 1. The number of amides is 1. The molecule has 2 aromatic rings. The summed E-state index contributed by atoms with van der Waals surface area (Å²) >= 11 is 0. The standard InChI is InChI=1S/C26H31FN4O3/c1-16-5-6-19(29-24(32)18-7-10-28-23(13-18)26(2,3)27)14-20(16)22-15-21(25(33)31(4)30-22)17-8-11-34-12-9-17/h5-7,10,13-15,17,25,33H,8-9,11-12H2,1-4H3,(H,29,32). The monoisotopic (exact) mass is 466 g/mol. The number of aromatic nitrogens is 1. The number of likely N-dealkylation sites (N-methyl/N-ethyl adjacent to an activating group) is 1. The van der Waals surface area contributed by atoms with Crippen molar-refractivity contribution in [2.75, 3.05) is 25.6 Å². The van der Waals surface area contributed by atoms with Crippen LogP contribution in [0.3, 0.4) is 0 Å². The maximum absolute atomic E-state index is 14.3. The molecule has 1 aromatic carbocycles. The highest BCUT2D eigenvalue weighted by molar-refractivity contribution is 6.11. The number of ether oxygens (including phenoxy) is 1. The highest BCUT2D eigenvalue weighted by atomic mass is 19.1. The molecule has 1 fully saturated rings. The number of aliphatic hydroxyl groups excluding tert-OH is 1. The first-order valence-corrected chi connectivity index (χ1v) is 11.5. The fourth-order valence-corrected chi connectivity index (χ4v) is 4.27. The van der Waals surface area contributed by atoms with Crippen molar-refractivity contribution in [1.29, 1.82) is 0 Å². The largest absolute Gasteiger partial charge is 0.381 e. The van der Waals surface area contributed by atoms with E-state index in [1.165, 1.54) is 26.1 Å². The number of rotatable bonds is 5. The zero-order valence-corrected chi connectivity index (χ0v) is 20.0. The Hall–Kier alpha value is -3.10. The van der Waals surface area contributed by atoms with E-state index in [4.69, 9.17) is 4.74 Å².